The summed E-state index contributed by atoms with van der Waals surface area (Å²) in [6.45, 7) is 9.37. The first-order chi connectivity index (χ1) is 15.5. The molecule has 0 saturated carbocycles. The number of nitrogens with zero attached hydrogens (tertiary/aromatic N) is 3. The Hall–Kier alpha value is -3.64. The van der Waals surface area contributed by atoms with Gasteiger partial charge in [0.1, 0.15) is 17.9 Å². The van der Waals surface area contributed by atoms with Crippen LogP contribution in [-0.4, -0.2) is 59.7 Å². The van der Waals surface area contributed by atoms with Crippen LogP contribution in [0.3, 0.4) is 0 Å². The number of hydrogen-bond donors (Lipinski definition) is 1. The molecular weight excluding hydrogens is 424 g/mol. The van der Waals surface area contributed by atoms with Crippen molar-refractivity contribution in [2.24, 2.45) is 0 Å². The van der Waals surface area contributed by atoms with E-state index >= 15 is 0 Å². The lowest BCUT2D eigenvalue weighted by Gasteiger charge is -2.24. The number of benzene rings is 1. The third-order valence-corrected chi connectivity index (χ3v) is 4.24. The molecule has 1 aromatic heterocycles. The lowest BCUT2D eigenvalue weighted by atomic mass is 10.0. The third kappa shape index (κ3) is 7.77. The van der Waals surface area contributed by atoms with Crippen LogP contribution in [-0.2, 0) is 14.3 Å². The predicted octanol–water partition coefficient (Wildman–Crippen LogP) is 3.61. The van der Waals surface area contributed by atoms with E-state index in [1.165, 1.54) is 11.9 Å². The van der Waals surface area contributed by atoms with Gasteiger partial charge in [-0.25, -0.2) is 4.79 Å². The molecule has 9 nitrogen and oxygen atoms in total. The van der Waals surface area contributed by atoms with Crippen LogP contribution in [0.5, 0.6) is 5.75 Å². The van der Waals surface area contributed by atoms with Crippen molar-refractivity contribution in [1.29, 1.82) is 0 Å². The van der Waals surface area contributed by atoms with Crippen LogP contribution in [0.25, 0.3) is 11.3 Å². The first-order valence-electron chi connectivity index (χ1n) is 10.4. The van der Waals surface area contributed by atoms with Crippen molar-refractivity contribution >= 4 is 17.8 Å². The van der Waals surface area contributed by atoms with Gasteiger partial charge < -0.3 is 24.4 Å². The largest absolute Gasteiger partial charge is 0.467 e. The molecular formula is C24H30N4O5. The van der Waals surface area contributed by atoms with E-state index in [4.69, 9.17) is 20.6 Å². The van der Waals surface area contributed by atoms with E-state index < -0.39 is 17.6 Å². The highest BCUT2D eigenvalue weighted by Gasteiger charge is 2.21. The summed E-state index contributed by atoms with van der Waals surface area (Å²) in [5.74, 6) is 2.93. The number of aryl methyl sites for hydroxylation is 1. The van der Waals surface area contributed by atoms with Crippen LogP contribution in [0.2, 0.25) is 0 Å². The number of hydrogen-bond acceptors (Lipinski definition) is 7. The molecule has 0 unspecified atom stereocenters. The number of likely N-dealkylation sites (N-methyl/N-ethyl adjacent to an activating group) is 1. The zero-order valence-corrected chi connectivity index (χ0v) is 19.9. The number of ether oxygens (including phenoxy) is 3. The maximum Gasteiger partial charge on any atom is 0.410 e. The van der Waals surface area contributed by atoms with Crippen LogP contribution >= 0.6 is 0 Å². The molecule has 0 spiro atoms. The van der Waals surface area contributed by atoms with Gasteiger partial charge in [0.2, 0.25) is 5.91 Å². The second-order valence-electron chi connectivity index (χ2n) is 8.26. The SMILES string of the molecule is C#Cc1ccc(-c2nnc(NC(=O)CN(C)C(=O)OC(C)(C)C)cc2C)c(OCOCC)c1. The van der Waals surface area contributed by atoms with E-state index in [1.807, 2.05) is 19.9 Å². The Labute approximate surface area is 194 Å². The Morgan fingerprint density at radius 3 is 2.55 bits per heavy atom. The molecule has 2 amide bonds. The maximum absolute atomic E-state index is 12.3. The molecule has 176 valence electrons. The number of terminal acetylenes is 1. The first kappa shape index (κ1) is 25.6. The van der Waals surface area contributed by atoms with Gasteiger partial charge in [0.15, 0.2) is 12.6 Å². The van der Waals surface area contributed by atoms with Crippen LogP contribution in [0.15, 0.2) is 24.3 Å². The topological polar surface area (TPSA) is 103 Å². The Kier molecular flexibility index (Phi) is 8.77. The first-order valence-corrected chi connectivity index (χ1v) is 10.4. The van der Waals surface area contributed by atoms with Crippen molar-refractivity contribution in [3.8, 4) is 29.4 Å². The van der Waals surface area contributed by atoms with Crippen molar-refractivity contribution in [1.82, 2.24) is 15.1 Å². The van der Waals surface area contributed by atoms with Crippen LogP contribution in [0, 0.1) is 19.3 Å². The average molecular weight is 455 g/mol. The number of amides is 2. The van der Waals surface area contributed by atoms with Gasteiger partial charge in [-0.2, -0.15) is 0 Å². The van der Waals surface area contributed by atoms with Crippen molar-refractivity contribution in [3.63, 3.8) is 0 Å². The maximum atomic E-state index is 12.3. The summed E-state index contributed by atoms with van der Waals surface area (Å²) < 4.78 is 16.2. The molecule has 0 bridgehead atoms. The normalized spacial score (nSPS) is 10.8. The van der Waals surface area contributed by atoms with Crippen LogP contribution in [0.1, 0.15) is 38.8 Å². The summed E-state index contributed by atoms with van der Waals surface area (Å²) in [7, 11) is 1.48. The summed E-state index contributed by atoms with van der Waals surface area (Å²) in [6, 6.07) is 7.01. The number of carbonyl (C=O) groups is 2. The standard InChI is InChI=1S/C24H30N4O5/c1-8-17-10-11-18(19(13-17)32-15-31-9-2)22-16(3)12-20(26-27-22)25-21(29)14-28(7)23(30)33-24(4,5)6/h1,10-13H,9,14-15H2,2-7H3,(H,25,26,29). The summed E-state index contributed by atoms with van der Waals surface area (Å²) in [5.41, 5.74) is 2.05. The number of carbonyl (C=O) groups excluding carboxylic acids is 2. The fourth-order valence-electron chi connectivity index (χ4n) is 2.73. The van der Waals surface area contributed by atoms with Gasteiger partial charge in [-0.1, -0.05) is 5.92 Å². The minimum Gasteiger partial charge on any atom is -0.467 e. The Balaban J connectivity index is 2.15. The number of nitrogens with one attached hydrogen (secondary N) is 1. The van der Waals surface area contributed by atoms with Gasteiger partial charge in [-0.15, -0.1) is 16.6 Å². The second-order valence-corrected chi connectivity index (χ2v) is 8.26. The lowest BCUT2D eigenvalue weighted by Crippen LogP contribution is -2.38. The molecule has 2 aromatic rings. The second kappa shape index (κ2) is 11.3. The number of anilines is 1. The molecule has 0 aliphatic heterocycles. The zero-order chi connectivity index (χ0) is 24.6. The summed E-state index contributed by atoms with van der Waals surface area (Å²) in [5, 5.41) is 11.0. The molecule has 0 aliphatic carbocycles. The molecule has 2 rings (SSSR count). The summed E-state index contributed by atoms with van der Waals surface area (Å²) in [6.07, 6.45) is 4.91. The quantitative estimate of drug-likeness (QED) is 0.369. The lowest BCUT2D eigenvalue weighted by molar-refractivity contribution is -0.117. The van der Waals surface area contributed by atoms with E-state index in [1.54, 1.807) is 39.0 Å². The molecule has 0 aliphatic rings. The van der Waals surface area contributed by atoms with E-state index in [9.17, 15) is 9.59 Å². The van der Waals surface area contributed by atoms with Gasteiger partial charge in [-0.3, -0.25) is 4.79 Å². The molecule has 0 saturated heterocycles. The zero-order valence-electron chi connectivity index (χ0n) is 19.9. The van der Waals surface area contributed by atoms with E-state index in [0.29, 0.717) is 29.2 Å². The van der Waals surface area contributed by atoms with Gasteiger partial charge in [0.05, 0.1) is 5.69 Å². The molecule has 1 N–H and O–H groups in total. The van der Waals surface area contributed by atoms with E-state index in [-0.39, 0.29) is 19.2 Å². The van der Waals surface area contributed by atoms with E-state index in [2.05, 4.69) is 21.4 Å². The average Bonchev–Trinajstić information content (AvgIpc) is 2.73. The third-order valence-electron chi connectivity index (χ3n) is 4.24. The number of rotatable bonds is 8. The minimum atomic E-state index is -0.649. The monoisotopic (exact) mass is 454 g/mol. The van der Waals surface area contributed by atoms with Gasteiger partial charge in [-0.05, 0) is 64.4 Å². The molecule has 1 heterocycles. The summed E-state index contributed by atoms with van der Waals surface area (Å²) in [4.78, 5) is 25.6. The molecule has 0 radical (unpaired) electrons. The molecule has 33 heavy (non-hydrogen) atoms. The molecule has 1 aromatic carbocycles. The van der Waals surface area contributed by atoms with Gasteiger partial charge >= 0.3 is 6.09 Å². The van der Waals surface area contributed by atoms with Crippen LogP contribution in [0.4, 0.5) is 10.6 Å². The van der Waals surface area contributed by atoms with Crippen molar-refractivity contribution < 1.29 is 23.8 Å². The van der Waals surface area contributed by atoms with Gasteiger partial charge in [0, 0.05) is 24.8 Å². The highest BCUT2D eigenvalue weighted by molar-refractivity contribution is 5.93. The molecule has 9 heteroatoms. The molecule has 0 atom stereocenters. The summed E-state index contributed by atoms with van der Waals surface area (Å²) >= 11 is 0. The highest BCUT2D eigenvalue weighted by Crippen LogP contribution is 2.32. The smallest absolute Gasteiger partial charge is 0.410 e. The highest BCUT2D eigenvalue weighted by atomic mass is 16.7. The Bertz CT molecular complexity index is 1040. The molecule has 0 fully saturated rings. The number of aromatic nitrogens is 2. The fourth-order valence-corrected chi connectivity index (χ4v) is 2.73. The van der Waals surface area contributed by atoms with Gasteiger partial charge in [0.25, 0.3) is 0 Å². The fraction of sp³-hybridized carbons (Fsp3) is 0.417. The predicted molar refractivity (Wildman–Crippen MR) is 125 cm³/mol. The van der Waals surface area contributed by atoms with Crippen molar-refractivity contribution in [2.45, 2.75) is 40.2 Å². The van der Waals surface area contributed by atoms with Crippen LogP contribution < -0.4 is 10.1 Å². The minimum absolute atomic E-state index is 0.0727. The Morgan fingerprint density at radius 1 is 1.21 bits per heavy atom. The Morgan fingerprint density at radius 2 is 1.94 bits per heavy atom. The van der Waals surface area contributed by atoms with E-state index in [0.717, 1.165) is 5.56 Å². The van der Waals surface area contributed by atoms with Crippen molar-refractivity contribution in [2.75, 3.05) is 32.3 Å². The van der Waals surface area contributed by atoms with Crippen molar-refractivity contribution in [3.05, 3.63) is 35.4 Å².